The highest BCUT2D eigenvalue weighted by molar-refractivity contribution is 6.32. The molecule has 1 spiro atoms. The van der Waals surface area contributed by atoms with Gasteiger partial charge in [-0.3, -0.25) is 29.5 Å². The summed E-state index contributed by atoms with van der Waals surface area (Å²) in [7, 11) is 3.02. The molecule has 0 bridgehead atoms. The molecule has 13 nitrogen and oxygen atoms in total. The second-order valence-electron chi connectivity index (χ2n) is 15.8. The van der Waals surface area contributed by atoms with E-state index >= 15 is 0 Å². The van der Waals surface area contributed by atoms with Gasteiger partial charge in [-0.05, 0) is 48.7 Å². The van der Waals surface area contributed by atoms with Gasteiger partial charge in [0.25, 0.3) is 0 Å². The summed E-state index contributed by atoms with van der Waals surface area (Å²) in [5.74, 6) is -0.713. The van der Waals surface area contributed by atoms with Crippen LogP contribution in [-0.2, 0) is 24.0 Å². The number of nitrogens with zero attached hydrogens (tertiary/aromatic N) is 1. The van der Waals surface area contributed by atoms with E-state index in [0.29, 0.717) is 40.6 Å². The van der Waals surface area contributed by atoms with Crippen LogP contribution >= 0.6 is 11.6 Å². The second-order valence-corrected chi connectivity index (χ2v) is 16.2. The molecule has 2 aliphatic heterocycles. The van der Waals surface area contributed by atoms with Crippen molar-refractivity contribution < 1.29 is 38.6 Å². The topological polar surface area (TPSA) is 182 Å². The average molecular weight is 732 g/mol. The Morgan fingerprint density at radius 1 is 1.04 bits per heavy atom. The van der Waals surface area contributed by atoms with E-state index < -0.39 is 53.0 Å². The first-order valence-corrected chi connectivity index (χ1v) is 18.5. The second kappa shape index (κ2) is 16.0. The molecule has 1 saturated heterocycles. The Morgan fingerprint density at radius 2 is 1.71 bits per heavy atom. The van der Waals surface area contributed by atoms with Crippen LogP contribution in [0.3, 0.4) is 0 Å². The first kappa shape index (κ1) is 38.7. The summed E-state index contributed by atoms with van der Waals surface area (Å²) in [6.07, 6.45) is 9.33. The quantitative estimate of drug-likeness (QED) is 0.190. The van der Waals surface area contributed by atoms with Gasteiger partial charge in [-0.1, -0.05) is 70.9 Å². The molecule has 4 amide bonds. The molecule has 2 saturated carbocycles. The minimum Gasteiger partial charge on any atom is -0.496 e. The summed E-state index contributed by atoms with van der Waals surface area (Å²) in [5.41, 5.74) is 7.65. The van der Waals surface area contributed by atoms with Gasteiger partial charge in [0.2, 0.25) is 23.6 Å². The van der Waals surface area contributed by atoms with Gasteiger partial charge < -0.3 is 35.8 Å². The third-order valence-electron chi connectivity index (χ3n) is 10.6. The van der Waals surface area contributed by atoms with Gasteiger partial charge in [-0.25, -0.2) is 0 Å². The molecule has 0 radical (unpaired) electrons. The van der Waals surface area contributed by atoms with Crippen LogP contribution in [0, 0.1) is 17.3 Å². The lowest BCUT2D eigenvalue weighted by molar-refractivity contribution is -0.145. The zero-order valence-electron chi connectivity index (χ0n) is 30.4. The molecule has 2 aliphatic carbocycles. The number of carbonyl (C=O) groups excluding carboxylic acids is 4. The number of aliphatic hydroxyl groups excluding tert-OH is 1. The van der Waals surface area contributed by atoms with Crippen LogP contribution in [0.2, 0.25) is 5.02 Å². The SMILES string of the molecule is COc1cc(OC)c(C2=C[C@]3(C[C@@H](C(=O)N[C@@H](CC4CC4)C(O)C(N)=O)N(C(=O)[C@@H](NC(=O)CC4CCCCCC4)C(C)(C)C)C3)ON2)cc1Cl. The monoisotopic (exact) mass is 731 g/mol. The van der Waals surface area contributed by atoms with Gasteiger partial charge in [0.1, 0.15) is 29.2 Å². The van der Waals surface area contributed by atoms with Crippen LogP contribution in [0.4, 0.5) is 0 Å². The predicted octanol–water partition coefficient (Wildman–Crippen LogP) is 3.60. The predicted molar refractivity (Wildman–Crippen MR) is 191 cm³/mol. The van der Waals surface area contributed by atoms with Crippen molar-refractivity contribution in [2.45, 2.75) is 121 Å². The molecule has 51 heavy (non-hydrogen) atoms. The van der Waals surface area contributed by atoms with E-state index in [-0.39, 0.29) is 30.7 Å². The largest absolute Gasteiger partial charge is 0.496 e. The molecule has 6 N–H and O–H groups in total. The number of benzene rings is 1. The van der Waals surface area contributed by atoms with Crippen LogP contribution in [0.5, 0.6) is 11.5 Å². The minimum atomic E-state index is -1.59. The van der Waals surface area contributed by atoms with Gasteiger partial charge >= 0.3 is 0 Å². The number of aliphatic hydroxyl groups is 1. The van der Waals surface area contributed by atoms with Gasteiger partial charge in [-0.15, -0.1) is 0 Å². The summed E-state index contributed by atoms with van der Waals surface area (Å²) in [4.78, 5) is 62.0. The van der Waals surface area contributed by atoms with Gasteiger partial charge in [0, 0.05) is 24.5 Å². The van der Waals surface area contributed by atoms with Crippen molar-refractivity contribution in [2.75, 3.05) is 20.8 Å². The number of nitrogens with two attached hydrogens (primary N) is 1. The van der Waals surface area contributed by atoms with E-state index in [1.165, 1.54) is 32.0 Å². The molecule has 14 heteroatoms. The standard InChI is InChI=1S/C37H54ClN5O8/c1-36(2,3)32(41-30(44)15-21-10-8-6-7-9-11-21)35(48)43-20-37(18-26(42-51-37)23-16-24(38)29(50-5)17-28(23)49-4)19-27(43)34(47)40-25(14-22-12-13-22)31(45)33(39)46/h16-18,21-22,25,27,31-32,42,45H,6-15,19-20H2,1-5H3,(H2,39,46)(H,40,47)(H,41,44)/t25-,27-,31?,32+,37+/m0/s1. The number of rotatable bonds is 13. The zero-order valence-corrected chi connectivity index (χ0v) is 31.1. The van der Waals surface area contributed by atoms with Crippen molar-refractivity contribution >= 4 is 40.9 Å². The molecule has 1 aromatic carbocycles. The number of halogens is 1. The molecule has 1 aromatic rings. The Morgan fingerprint density at radius 3 is 2.29 bits per heavy atom. The Balaban J connectivity index is 1.45. The van der Waals surface area contributed by atoms with Gasteiger partial charge in [-0.2, -0.15) is 0 Å². The number of methoxy groups -OCH3 is 2. The fraction of sp³-hybridized carbons (Fsp3) is 0.676. The first-order valence-electron chi connectivity index (χ1n) is 18.1. The Bertz CT molecular complexity index is 1500. The van der Waals surface area contributed by atoms with Crippen molar-refractivity contribution in [1.82, 2.24) is 21.0 Å². The lowest BCUT2D eigenvalue weighted by Crippen LogP contribution is -2.59. The number of ether oxygens (including phenoxy) is 2. The van der Waals surface area contributed by atoms with E-state index in [1.54, 1.807) is 18.2 Å². The normalized spacial score (nSPS) is 24.2. The van der Waals surface area contributed by atoms with Crippen LogP contribution < -0.4 is 31.3 Å². The number of likely N-dealkylation sites (tertiary alicyclic amines) is 1. The molecule has 5 atom stereocenters. The summed E-state index contributed by atoms with van der Waals surface area (Å²) in [6, 6.07) is 0.393. The fourth-order valence-electron chi connectivity index (χ4n) is 7.55. The molecule has 2 heterocycles. The molecule has 282 valence electrons. The third kappa shape index (κ3) is 9.28. The van der Waals surface area contributed by atoms with Gasteiger partial charge in [0.15, 0.2) is 6.10 Å². The summed E-state index contributed by atoms with van der Waals surface area (Å²) >= 11 is 6.47. The number of primary amides is 1. The minimum absolute atomic E-state index is 0.0244. The maximum absolute atomic E-state index is 14.7. The van der Waals surface area contributed by atoms with E-state index in [4.69, 9.17) is 31.6 Å². The lowest BCUT2D eigenvalue weighted by Gasteiger charge is -2.36. The van der Waals surface area contributed by atoms with Crippen LogP contribution in [0.1, 0.15) is 97.0 Å². The number of hydroxylamine groups is 1. The number of nitrogens with one attached hydrogen (secondary N) is 3. The molecule has 0 aromatic heterocycles. The van der Waals surface area contributed by atoms with E-state index in [1.807, 2.05) is 20.8 Å². The first-order chi connectivity index (χ1) is 24.1. The Hall–Kier alpha value is -3.55. The van der Waals surface area contributed by atoms with Crippen LogP contribution in [0.15, 0.2) is 18.2 Å². The lowest BCUT2D eigenvalue weighted by atomic mass is 9.85. The number of hydrogen-bond acceptors (Lipinski definition) is 9. The zero-order chi connectivity index (χ0) is 37.1. The molecular formula is C37H54ClN5O8. The fourth-order valence-corrected chi connectivity index (χ4v) is 7.79. The highest BCUT2D eigenvalue weighted by atomic mass is 35.5. The summed E-state index contributed by atoms with van der Waals surface area (Å²) < 4.78 is 11.0. The number of hydrogen-bond donors (Lipinski definition) is 5. The van der Waals surface area contributed by atoms with E-state index in [0.717, 1.165) is 38.5 Å². The molecule has 1 unspecified atom stereocenters. The Labute approximate surface area is 305 Å². The molecule has 4 aliphatic rings. The number of carbonyl (C=O) groups is 4. The average Bonchev–Trinajstić information content (AvgIpc) is 3.77. The maximum Gasteiger partial charge on any atom is 0.248 e. The highest BCUT2D eigenvalue weighted by Gasteiger charge is 2.54. The summed E-state index contributed by atoms with van der Waals surface area (Å²) in [5, 5.41) is 16.9. The maximum atomic E-state index is 14.7. The summed E-state index contributed by atoms with van der Waals surface area (Å²) in [6.45, 7) is 5.61. The smallest absolute Gasteiger partial charge is 0.248 e. The van der Waals surface area contributed by atoms with Crippen molar-refractivity contribution in [3.8, 4) is 11.5 Å². The van der Waals surface area contributed by atoms with Crippen molar-refractivity contribution in [3.63, 3.8) is 0 Å². The molecule has 5 rings (SSSR count). The van der Waals surface area contributed by atoms with Crippen LogP contribution in [-0.4, -0.2) is 84.2 Å². The van der Waals surface area contributed by atoms with E-state index in [2.05, 4.69) is 16.1 Å². The number of amides is 4. The van der Waals surface area contributed by atoms with Crippen molar-refractivity contribution in [2.24, 2.45) is 23.0 Å². The van der Waals surface area contributed by atoms with Gasteiger partial charge in [0.05, 0.1) is 37.5 Å². The molecule has 3 fully saturated rings. The van der Waals surface area contributed by atoms with Crippen molar-refractivity contribution in [3.05, 3.63) is 28.8 Å². The van der Waals surface area contributed by atoms with Crippen LogP contribution in [0.25, 0.3) is 5.70 Å². The Kier molecular flexibility index (Phi) is 12.1. The molecular weight excluding hydrogens is 678 g/mol. The van der Waals surface area contributed by atoms with Crippen molar-refractivity contribution in [1.29, 1.82) is 0 Å². The highest BCUT2D eigenvalue weighted by Crippen LogP contribution is 2.43. The van der Waals surface area contributed by atoms with E-state index in [9.17, 15) is 24.3 Å². The third-order valence-corrected chi connectivity index (χ3v) is 10.9.